The molecule has 24 heavy (non-hydrogen) atoms. The quantitative estimate of drug-likeness (QED) is 0.741. The van der Waals surface area contributed by atoms with Gasteiger partial charge in [0.15, 0.2) is 5.82 Å². The molecule has 2 N–H and O–H groups in total. The average molecular weight is 334 g/mol. The van der Waals surface area contributed by atoms with Gasteiger partial charge < -0.3 is 10.5 Å². The maximum absolute atomic E-state index is 12.3. The van der Waals surface area contributed by atoms with Crippen molar-refractivity contribution >= 4 is 5.69 Å². The number of alkyl halides is 3. The standard InChI is InChI=1S/C16H13F3N4O/c1-10-7-11(5-6-14(10)20)15-21-9-23(22-15)12-3-2-4-13(8-12)24-16(17,18)19/h2-9H,20H2,1H3. The number of halogens is 3. The highest BCUT2D eigenvalue weighted by Gasteiger charge is 2.31. The zero-order valence-electron chi connectivity index (χ0n) is 12.6. The van der Waals surface area contributed by atoms with E-state index in [2.05, 4.69) is 14.8 Å². The number of rotatable bonds is 3. The van der Waals surface area contributed by atoms with Crippen molar-refractivity contribution in [3.8, 4) is 22.8 Å². The number of aryl methyl sites for hydroxylation is 1. The maximum atomic E-state index is 12.3. The van der Waals surface area contributed by atoms with Crippen molar-refractivity contribution < 1.29 is 17.9 Å². The van der Waals surface area contributed by atoms with Crippen LogP contribution in [0.3, 0.4) is 0 Å². The molecule has 0 amide bonds. The number of ether oxygens (including phenoxy) is 1. The molecule has 8 heteroatoms. The van der Waals surface area contributed by atoms with E-state index in [1.54, 1.807) is 18.2 Å². The number of hydrogen-bond acceptors (Lipinski definition) is 4. The first-order chi connectivity index (χ1) is 11.3. The minimum atomic E-state index is -4.74. The van der Waals surface area contributed by atoms with Crippen molar-refractivity contribution in [3.05, 3.63) is 54.4 Å². The number of nitrogens with zero attached hydrogens (tertiary/aromatic N) is 3. The zero-order chi connectivity index (χ0) is 17.3. The SMILES string of the molecule is Cc1cc(-c2ncn(-c3cccc(OC(F)(F)F)c3)n2)ccc1N. The van der Waals surface area contributed by atoms with Crippen molar-refractivity contribution in [3.63, 3.8) is 0 Å². The molecule has 1 aromatic heterocycles. The first-order valence-electron chi connectivity index (χ1n) is 6.96. The van der Waals surface area contributed by atoms with Crippen LogP contribution in [0.15, 0.2) is 48.8 Å². The highest BCUT2D eigenvalue weighted by molar-refractivity contribution is 5.61. The predicted octanol–water partition coefficient (Wildman–Crippen LogP) is 3.72. The predicted molar refractivity (Wildman–Crippen MR) is 82.6 cm³/mol. The van der Waals surface area contributed by atoms with Crippen LogP contribution in [0.25, 0.3) is 17.1 Å². The van der Waals surface area contributed by atoms with Crippen LogP contribution >= 0.6 is 0 Å². The Morgan fingerprint density at radius 2 is 1.92 bits per heavy atom. The van der Waals surface area contributed by atoms with Gasteiger partial charge in [-0.25, -0.2) is 9.67 Å². The molecular weight excluding hydrogens is 321 g/mol. The molecule has 0 aliphatic heterocycles. The Balaban J connectivity index is 1.90. The van der Waals surface area contributed by atoms with Crippen molar-refractivity contribution in [2.45, 2.75) is 13.3 Å². The normalized spacial score (nSPS) is 11.5. The number of nitrogen functional groups attached to an aromatic ring is 1. The molecule has 0 fully saturated rings. The van der Waals surface area contributed by atoms with Gasteiger partial charge in [0.2, 0.25) is 0 Å². The number of aromatic nitrogens is 3. The van der Waals surface area contributed by atoms with Gasteiger partial charge in [0.1, 0.15) is 12.1 Å². The van der Waals surface area contributed by atoms with E-state index in [1.807, 2.05) is 13.0 Å². The van der Waals surface area contributed by atoms with Crippen LogP contribution in [-0.2, 0) is 0 Å². The summed E-state index contributed by atoms with van der Waals surface area (Å²) in [5, 5.41) is 4.29. The van der Waals surface area contributed by atoms with E-state index in [4.69, 9.17) is 5.73 Å². The minimum Gasteiger partial charge on any atom is -0.406 e. The summed E-state index contributed by atoms with van der Waals surface area (Å²) in [5.74, 6) is 0.126. The van der Waals surface area contributed by atoms with E-state index < -0.39 is 6.36 Å². The lowest BCUT2D eigenvalue weighted by atomic mass is 10.1. The largest absolute Gasteiger partial charge is 0.573 e. The van der Waals surface area contributed by atoms with E-state index in [1.165, 1.54) is 29.2 Å². The summed E-state index contributed by atoms with van der Waals surface area (Å²) in [6.45, 7) is 1.87. The summed E-state index contributed by atoms with van der Waals surface area (Å²) in [5.41, 5.74) is 8.51. The number of anilines is 1. The summed E-state index contributed by atoms with van der Waals surface area (Å²) in [4.78, 5) is 4.19. The van der Waals surface area contributed by atoms with Crippen LogP contribution in [0, 0.1) is 6.92 Å². The van der Waals surface area contributed by atoms with Gasteiger partial charge in [-0.15, -0.1) is 18.3 Å². The lowest BCUT2D eigenvalue weighted by Crippen LogP contribution is -2.17. The number of nitrogens with two attached hydrogens (primary N) is 1. The summed E-state index contributed by atoms with van der Waals surface area (Å²) in [6, 6.07) is 10.9. The molecule has 5 nitrogen and oxygen atoms in total. The summed E-state index contributed by atoms with van der Waals surface area (Å²) in [6.07, 6.45) is -3.32. The monoisotopic (exact) mass is 334 g/mol. The molecule has 2 aromatic carbocycles. The number of benzene rings is 2. The first kappa shape index (κ1) is 15.9. The van der Waals surface area contributed by atoms with Crippen LogP contribution in [0.4, 0.5) is 18.9 Å². The Bertz CT molecular complexity index is 874. The van der Waals surface area contributed by atoms with E-state index in [0.717, 1.165) is 11.1 Å². The Kier molecular flexibility index (Phi) is 3.88. The van der Waals surface area contributed by atoms with Crippen LogP contribution in [0.1, 0.15) is 5.56 Å². The first-order valence-corrected chi connectivity index (χ1v) is 6.96. The second-order valence-corrected chi connectivity index (χ2v) is 5.13. The van der Waals surface area contributed by atoms with Crippen LogP contribution in [-0.4, -0.2) is 21.1 Å². The summed E-state index contributed by atoms with van der Waals surface area (Å²) >= 11 is 0. The minimum absolute atomic E-state index is 0.319. The van der Waals surface area contributed by atoms with Crippen LogP contribution < -0.4 is 10.5 Å². The molecule has 0 radical (unpaired) electrons. The topological polar surface area (TPSA) is 66.0 Å². The smallest absolute Gasteiger partial charge is 0.406 e. The fourth-order valence-corrected chi connectivity index (χ4v) is 2.16. The van der Waals surface area contributed by atoms with Crippen molar-refractivity contribution in [1.29, 1.82) is 0 Å². The molecule has 124 valence electrons. The van der Waals surface area contributed by atoms with Crippen molar-refractivity contribution in [1.82, 2.24) is 14.8 Å². The van der Waals surface area contributed by atoms with Crippen molar-refractivity contribution in [2.75, 3.05) is 5.73 Å². The Labute approximate surface area is 135 Å². The molecule has 3 rings (SSSR count). The van der Waals surface area contributed by atoms with Crippen molar-refractivity contribution in [2.24, 2.45) is 0 Å². The molecule has 0 aliphatic rings. The molecule has 0 saturated heterocycles. The maximum Gasteiger partial charge on any atom is 0.573 e. The molecule has 0 atom stereocenters. The molecular formula is C16H13F3N4O. The zero-order valence-corrected chi connectivity index (χ0v) is 12.6. The summed E-state index contributed by atoms with van der Waals surface area (Å²) < 4.78 is 42.2. The van der Waals surface area contributed by atoms with E-state index in [-0.39, 0.29) is 5.75 Å². The fourth-order valence-electron chi connectivity index (χ4n) is 2.16. The average Bonchev–Trinajstić information content (AvgIpc) is 2.98. The Hall–Kier alpha value is -3.03. The molecule has 0 spiro atoms. The van der Waals surface area contributed by atoms with E-state index in [9.17, 15) is 13.2 Å². The second kappa shape index (κ2) is 5.88. The molecule has 0 unspecified atom stereocenters. The van der Waals surface area contributed by atoms with Gasteiger partial charge in [0, 0.05) is 17.3 Å². The van der Waals surface area contributed by atoms with Gasteiger partial charge in [-0.3, -0.25) is 0 Å². The fraction of sp³-hybridized carbons (Fsp3) is 0.125. The Morgan fingerprint density at radius 1 is 1.12 bits per heavy atom. The highest BCUT2D eigenvalue weighted by Crippen LogP contribution is 2.25. The second-order valence-electron chi connectivity index (χ2n) is 5.13. The van der Waals surface area contributed by atoms with Gasteiger partial charge in [-0.05, 0) is 42.8 Å². The lowest BCUT2D eigenvalue weighted by Gasteiger charge is -2.09. The van der Waals surface area contributed by atoms with E-state index in [0.29, 0.717) is 17.2 Å². The molecule has 0 saturated carbocycles. The van der Waals surface area contributed by atoms with Gasteiger partial charge in [-0.1, -0.05) is 6.07 Å². The van der Waals surface area contributed by atoms with Crippen LogP contribution in [0.2, 0.25) is 0 Å². The third kappa shape index (κ3) is 3.48. The van der Waals surface area contributed by atoms with Gasteiger partial charge in [0.05, 0.1) is 5.69 Å². The van der Waals surface area contributed by atoms with E-state index >= 15 is 0 Å². The third-order valence-electron chi connectivity index (χ3n) is 3.34. The summed E-state index contributed by atoms with van der Waals surface area (Å²) in [7, 11) is 0. The van der Waals surface area contributed by atoms with Crippen LogP contribution in [0.5, 0.6) is 5.75 Å². The molecule has 1 heterocycles. The lowest BCUT2D eigenvalue weighted by molar-refractivity contribution is -0.274. The van der Waals surface area contributed by atoms with Gasteiger partial charge in [-0.2, -0.15) is 0 Å². The molecule has 0 bridgehead atoms. The number of hydrogen-bond donors (Lipinski definition) is 1. The third-order valence-corrected chi connectivity index (χ3v) is 3.34. The highest BCUT2D eigenvalue weighted by atomic mass is 19.4. The molecule has 3 aromatic rings. The molecule has 0 aliphatic carbocycles. The van der Waals surface area contributed by atoms with Gasteiger partial charge in [0.25, 0.3) is 0 Å². The Morgan fingerprint density at radius 3 is 2.62 bits per heavy atom. The van der Waals surface area contributed by atoms with Gasteiger partial charge >= 0.3 is 6.36 Å².